The number of nitrogens with one attached hydrogen (secondary N) is 1. The monoisotopic (exact) mass is 325 g/mol. The first kappa shape index (κ1) is 14.7. The molecule has 24 heavy (non-hydrogen) atoms. The molecule has 0 radical (unpaired) electrons. The van der Waals surface area contributed by atoms with Crippen molar-refractivity contribution in [3.05, 3.63) is 36.7 Å². The molecule has 0 atom stereocenters. The van der Waals surface area contributed by atoms with Crippen molar-refractivity contribution < 1.29 is 9.21 Å². The number of primary amides is 1. The summed E-state index contributed by atoms with van der Waals surface area (Å²) in [6.45, 7) is 0. The zero-order valence-electron chi connectivity index (χ0n) is 13.2. The molecule has 7 nitrogen and oxygen atoms in total. The highest BCUT2D eigenvalue weighted by Gasteiger charge is 2.18. The average Bonchev–Trinajstić information content (AvgIpc) is 3.26. The summed E-state index contributed by atoms with van der Waals surface area (Å²) in [6, 6.07) is 2.07. The topological polar surface area (TPSA) is 98.5 Å². The number of carbonyl (C=O) groups excluding carboxylic acids is 1. The van der Waals surface area contributed by atoms with Gasteiger partial charge in [0.2, 0.25) is 0 Å². The van der Waals surface area contributed by atoms with E-state index in [0.717, 1.165) is 22.7 Å². The Morgan fingerprint density at radius 1 is 1.29 bits per heavy atom. The Morgan fingerprint density at radius 2 is 2.12 bits per heavy atom. The van der Waals surface area contributed by atoms with Crippen LogP contribution in [-0.4, -0.2) is 26.3 Å². The fourth-order valence-corrected chi connectivity index (χ4v) is 3.27. The predicted octanol–water partition coefficient (Wildman–Crippen LogP) is 2.83. The smallest absolute Gasteiger partial charge is 0.284 e. The summed E-state index contributed by atoms with van der Waals surface area (Å²) < 4.78 is 7.14. The molecule has 0 unspecified atom stereocenters. The summed E-state index contributed by atoms with van der Waals surface area (Å²) in [5.74, 6) is 0.323. The highest BCUT2D eigenvalue weighted by atomic mass is 16.3. The zero-order chi connectivity index (χ0) is 16.5. The van der Waals surface area contributed by atoms with Crippen LogP contribution in [0, 0.1) is 0 Å². The molecule has 0 aromatic carbocycles. The van der Waals surface area contributed by atoms with Crippen LogP contribution in [0.3, 0.4) is 0 Å². The van der Waals surface area contributed by atoms with Crippen LogP contribution >= 0.6 is 0 Å². The number of rotatable bonds is 4. The predicted molar refractivity (Wildman–Crippen MR) is 89.7 cm³/mol. The minimum atomic E-state index is -0.591. The van der Waals surface area contributed by atoms with Gasteiger partial charge in [0.15, 0.2) is 17.2 Å². The van der Waals surface area contributed by atoms with Crippen LogP contribution in [0.15, 0.2) is 35.3 Å². The van der Waals surface area contributed by atoms with Gasteiger partial charge in [0, 0.05) is 24.0 Å². The molecule has 0 spiro atoms. The van der Waals surface area contributed by atoms with Crippen molar-refractivity contribution in [3.63, 3.8) is 0 Å². The molecule has 1 amide bonds. The van der Waals surface area contributed by atoms with Gasteiger partial charge in [-0.3, -0.25) is 9.20 Å². The molecule has 3 N–H and O–H groups in total. The number of amides is 1. The standard InChI is InChI=1S/C17H19N5O2/c18-15(23)14-8-11(10-24-14)13-9-20-16(17-19-6-7-22(13)17)21-12-4-2-1-3-5-12/h6-10,12H,1-5H2,(H2,18,23)(H,20,21). The lowest BCUT2D eigenvalue weighted by Gasteiger charge is -2.23. The third kappa shape index (κ3) is 2.62. The molecular weight excluding hydrogens is 306 g/mol. The molecule has 0 aliphatic heterocycles. The van der Waals surface area contributed by atoms with E-state index in [1.807, 2.05) is 10.6 Å². The summed E-state index contributed by atoms with van der Waals surface area (Å²) >= 11 is 0. The van der Waals surface area contributed by atoms with Crippen LogP contribution in [-0.2, 0) is 0 Å². The second-order valence-electron chi connectivity index (χ2n) is 6.16. The van der Waals surface area contributed by atoms with E-state index in [0.29, 0.717) is 6.04 Å². The molecule has 0 bridgehead atoms. The minimum absolute atomic E-state index is 0.127. The molecular formula is C17H19N5O2. The van der Waals surface area contributed by atoms with Crippen LogP contribution in [0.25, 0.3) is 16.9 Å². The van der Waals surface area contributed by atoms with Crippen LogP contribution in [0.5, 0.6) is 0 Å². The Morgan fingerprint density at radius 3 is 2.88 bits per heavy atom. The van der Waals surface area contributed by atoms with Gasteiger partial charge in [-0.1, -0.05) is 19.3 Å². The van der Waals surface area contributed by atoms with Crippen molar-refractivity contribution >= 4 is 17.4 Å². The third-order valence-electron chi connectivity index (χ3n) is 4.51. The van der Waals surface area contributed by atoms with Gasteiger partial charge in [-0.2, -0.15) is 0 Å². The first-order valence-electron chi connectivity index (χ1n) is 8.19. The highest BCUT2D eigenvalue weighted by molar-refractivity contribution is 5.91. The van der Waals surface area contributed by atoms with Gasteiger partial charge in [0.1, 0.15) is 6.26 Å². The Hall–Kier alpha value is -2.83. The second-order valence-corrected chi connectivity index (χ2v) is 6.16. The van der Waals surface area contributed by atoms with Crippen molar-refractivity contribution in [1.82, 2.24) is 14.4 Å². The van der Waals surface area contributed by atoms with Gasteiger partial charge < -0.3 is 15.5 Å². The third-order valence-corrected chi connectivity index (χ3v) is 4.51. The van der Waals surface area contributed by atoms with Gasteiger partial charge in [-0.25, -0.2) is 9.97 Å². The fraction of sp³-hybridized carbons (Fsp3) is 0.353. The first-order chi connectivity index (χ1) is 11.7. The van der Waals surface area contributed by atoms with Crippen molar-refractivity contribution in [1.29, 1.82) is 0 Å². The van der Waals surface area contributed by atoms with E-state index in [-0.39, 0.29) is 5.76 Å². The van der Waals surface area contributed by atoms with E-state index in [1.54, 1.807) is 18.5 Å². The molecule has 3 aromatic rings. The Balaban J connectivity index is 1.69. The quantitative estimate of drug-likeness (QED) is 0.768. The average molecular weight is 325 g/mol. The maximum atomic E-state index is 11.2. The van der Waals surface area contributed by atoms with Crippen LogP contribution in [0.2, 0.25) is 0 Å². The molecule has 4 rings (SSSR count). The summed E-state index contributed by atoms with van der Waals surface area (Å²) in [6.07, 6.45) is 13.0. The van der Waals surface area contributed by atoms with Crippen molar-refractivity contribution in [2.24, 2.45) is 5.73 Å². The molecule has 1 aliphatic carbocycles. The molecule has 124 valence electrons. The Labute approximate surface area is 138 Å². The number of anilines is 1. The van der Waals surface area contributed by atoms with Crippen LogP contribution in [0.4, 0.5) is 5.82 Å². The van der Waals surface area contributed by atoms with Gasteiger partial charge in [0.05, 0.1) is 11.9 Å². The van der Waals surface area contributed by atoms with Gasteiger partial charge in [-0.05, 0) is 18.9 Å². The number of nitrogens with two attached hydrogens (primary N) is 1. The fourth-order valence-electron chi connectivity index (χ4n) is 3.27. The first-order valence-corrected chi connectivity index (χ1v) is 8.19. The van der Waals surface area contributed by atoms with E-state index >= 15 is 0 Å². The maximum Gasteiger partial charge on any atom is 0.284 e. The van der Waals surface area contributed by atoms with E-state index in [9.17, 15) is 4.79 Å². The minimum Gasteiger partial charge on any atom is -0.458 e. The summed E-state index contributed by atoms with van der Waals surface area (Å²) in [4.78, 5) is 20.2. The number of aromatic nitrogens is 3. The largest absolute Gasteiger partial charge is 0.458 e. The van der Waals surface area contributed by atoms with Crippen molar-refractivity contribution in [2.45, 2.75) is 38.1 Å². The summed E-state index contributed by atoms with van der Waals surface area (Å²) in [7, 11) is 0. The number of fused-ring (bicyclic) bond motifs is 1. The van der Waals surface area contributed by atoms with Gasteiger partial charge >= 0.3 is 0 Å². The lowest BCUT2D eigenvalue weighted by Crippen LogP contribution is -2.23. The molecule has 0 saturated heterocycles. The molecule has 1 fully saturated rings. The van der Waals surface area contributed by atoms with Crippen LogP contribution < -0.4 is 11.1 Å². The maximum absolute atomic E-state index is 11.2. The second kappa shape index (κ2) is 5.99. The number of imidazole rings is 1. The highest BCUT2D eigenvalue weighted by Crippen LogP contribution is 2.27. The molecule has 7 heteroatoms. The number of nitrogens with zero attached hydrogens (tertiary/aromatic N) is 3. The van der Waals surface area contributed by atoms with E-state index < -0.39 is 5.91 Å². The normalized spacial score (nSPS) is 15.7. The number of hydrogen-bond acceptors (Lipinski definition) is 5. The number of hydrogen-bond donors (Lipinski definition) is 2. The number of furan rings is 1. The van der Waals surface area contributed by atoms with E-state index in [2.05, 4.69) is 15.3 Å². The molecule has 1 saturated carbocycles. The lowest BCUT2D eigenvalue weighted by atomic mass is 9.95. The Bertz CT molecular complexity index is 876. The summed E-state index contributed by atoms with van der Waals surface area (Å²) in [5, 5.41) is 3.52. The van der Waals surface area contributed by atoms with Gasteiger partial charge in [-0.15, -0.1) is 0 Å². The van der Waals surface area contributed by atoms with Crippen LogP contribution in [0.1, 0.15) is 42.7 Å². The van der Waals surface area contributed by atoms with E-state index in [4.69, 9.17) is 10.2 Å². The van der Waals surface area contributed by atoms with Crippen molar-refractivity contribution in [2.75, 3.05) is 5.32 Å². The lowest BCUT2D eigenvalue weighted by molar-refractivity contribution is 0.0974. The molecule has 3 aromatic heterocycles. The van der Waals surface area contributed by atoms with Crippen molar-refractivity contribution in [3.8, 4) is 11.3 Å². The summed E-state index contributed by atoms with van der Waals surface area (Å²) in [5.41, 5.74) is 7.55. The number of carbonyl (C=O) groups is 1. The zero-order valence-corrected chi connectivity index (χ0v) is 13.2. The molecule has 1 aliphatic rings. The molecule has 3 heterocycles. The van der Waals surface area contributed by atoms with E-state index in [1.165, 1.54) is 38.4 Å². The van der Waals surface area contributed by atoms with Gasteiger partial charge in [0.25, 0.3) is 5.91 Å². The SMILES string of the molecule is NC(=O)c1cc(-c2cnc(NC3CCCCC3)c3nccn23)co1. The Kier molecular flexibility index (Phi) is 3.68.